The first-order valence-corrected chi connectivity index (χ1v) is 12.8. The highest BCUT2D eigenvalue weighted by Gasteiger charge is 2.52. The van der Waals surface area contributed by atoms with Crippen molar-refractivity contribution in [2.45, 2.75) is 43.8 Å². The molecule has 1 fully saturated rings. The van der Waals surface area contributed by atoms with Gasteiger partial charge in [-0.25, -0.2) is 17.6 Å². The Hall–Kier alpha value is -3.50. The summed E-state index contributed by atoms with van der Waals surface area (Å²) in [7, 11) is 0. The summed E-state index contributed by atoms with van der Waals surface area (Å²) in [6.07, 6.45) is 0.253. The second-order valence-corrected chi connectivity index (χ2v) is 10.3. The first-order chi connectivity index (χ1) is 18.6. The molecule has 1 aromatic heterocycles. The molecule has 5 rings (SSSR count). The highest BCUT2D eigenvalue weighted by atomic mass is 35.5. The number of carbonyl (C=O) groups is 2. The van der Waals surface area contributed by atoms with Crippen LogP contribution in [0.4, 0.5) is 23.2 Å². The van der Waals surface area contributed by atoms with Gasteiger partial charge in [0.2, 0.25) is 0 Å². The van der Waals surface area contributed by atoms with Crippen LogP contribution in [-0.4, -0.2) is 34.5 Å². The summed E-state index contributed by atoms with van der Waals surface area (Å²) in [6.45, 7) is 0.153. The Labute approximate surface area is 226 Å². The minimum atomic E-state index is -2.94. The smallest absolute Gasteiger partial charge is 0.281 e. The number of anilines is 1. The highest BCUT2D eigenvalue weighted by Crippen LogP contribution is 2.46. The molecule has 0 saturated heterocycles. The van der Waals surface area contributed by atoms with E-state index in [1.54, 1.807) is 0 Å². The number of carbonyl (C=O) groups excluding carboxylic acids is 2. The molecule has 2 amide bonds. The molecule has 0 radical (unpaired) electrons. The van der Waals surface area contributed by atoms with Crippen LogP contribution in [0.25, 0.3) is 0 Å². The number of pyridine rings is 1. The molecule has 0 bridgehead atoms. The Balaban J connectivity index is 1.29. The van der Waals surface area contributed by atoms with Gasteiger partial charge in [-0.05, 0) is 55.9 Å². The van der Waals surface area contributed by atoms with Crippen molar-refractivity contribution in [3.63, 3.8) is 0 Å². The Morgan fingerprint density at radius 1 is 1.10 bits per heavy atom. The molecule has 1 aliphatic heterocycles. The number of alkyl halides is 2. The Kier molecular flexibility index (Phi) is 7.35. The number of aromatic nitrogens is 1. The van der Waals surface area contributed by atoms with Crippen LogP contribution >= 0.6 is 11.6 Å². The first kappa shape index (κ1) is 27.1. The van der Waals surface area contributed by atoms with Crippen LogP contribution in [-0.2, 0) is 10.4 Å². The summed E-state index contributed by atoms with van der Waals surface area (Å²) >= 11 is 5.85. The number of benzene rings is 2. The number of amides is 2. The van der Waals surface area contributed by atoms with Gasteiger partial charge in [0, 0.05) is 29.9 Å². The summed E-state index contributed by atoms with van der Waals surface area (Å²) in [5.74, 6) is -2.89. The molecule has 2 N–H and O–H groups in total. The van der Waals surface area contributed by atoms with Crippen molar-refractivity contribution < 1.29 is 32.3 Å². The van der Waals surface area contributed by atoms with Crippen LogP contribution < -0.4 is 10.2 Å². The number of hydrogen-bond acceptors (Lipinski definition) is 4. The van der Waals surface area contributed by atoms with Crippen LogP contribution in [0.1, 0.15) is 59.3 Å². The number of fused-ring (bicyclic) bond motifs is 1. The van der Waals surface area contributed by atoms with Crippen molar-refractivity contribution in [2.75, 3.05) is 11.4 Å². The van der Waals surface area contributed by atoms with Gasteiger partial charge in [-0.15, -0.1) is 0 Å². The summed E-state index contributed by atoms with van der Waals surface area (Å²) in [6, 6.07) is 9.84. The van der Waals surface area contributed by atoms with E-state index in [4.69, 9.17) is 11.6 Å². The van der Waals surface area contributed by atoms with Gasteiger partial charge in [0.05, 0.1) is 16.3 Å². The van der Waals surface area contributed by atoms with Crippen molar-refractivity contribution in [3.05, 3.63) is 93.8 Å². The molecule has 1 aliphatic carbocycles. The van der Waals surface area contributed by atoms with Gasteiger partial charge in [0.1, 0.15) is 17.3 Å². The number of nitrogens with zero attached hydrogens (tertiary/aromatic N) is 2. The third-order valence-electron chi connectivity index (χ3n) is 7.42. The van der Waals surface area contributed by atoms with E-state index in [0.29, 0.717) is 25.7 Å². The summed E-state index contributed by atoms with van der Waals surface area (Å²) in [4.78, 5) is 31.1. The SMILES string of the molecule is O=C(NC1CCC(CN2C(=O)C(O)(c3ccccc3F)c3ccc(F)cc32)CC1)c1cc(Cl)cnc1C(F)F. The fraction of sp³-hybridized carbons (Fsp3) is 0.321. The van der Waals surface area contributed by atoms with Crippen molar-refractivity contribution in [3.8, 4) is 0 Å². The maximum absolute atomic E-state index is 14.7. The molecule has 39 heavy (non-hydrogen) atoms. The van der Waals surface area contributed by atoms with Gasteiger partial charge in [-0.3, -0.25) is 14.6 Å². The predicted molar refractivity (Wildman–Crippen MR) is 136 cm³/mol. The molecule has 2 aromatic carbocycles. The number of hydrogen-bond donors (Lipinski definition) is 2. The lowest BCUT2D eigenvalue weighted by Gasteiger charge is -2.32. The lowest BCUT2D eigenvalue weighted by atomic mass is 9.85. The molecule has 1 atom stereocenters. The van der Waals surface area contributed by atoms with Crippen LogP contribution in [0.15, 0.2) is 54.7 Å². The quantitative estimate of drug-likeness (QED) is 0.388. The lowest BCUT2D eigenvalue weighted by Crippen LogP contribution is -2.45. The molecule has 11 heteroatoms. The lowest BCUT2D eigenvalue weighted by molar-refractivity contribution is -0.132. The molecule has 3 aromatic rings. The fourth-order valence-electron chi connectivity index (χ4n) is 5.47. The summed E-state index contributed by atoms with van der Waals surface area (Å²) in [5, 5.41) is 14.3. The number of aliphatic hydroxyl groups is 1. The second-order valence-electron chi connectivity index (χ2n) is 9.85. The number of nitrogens with one attached hydrogen (secondary N) is 1. The van der Waals surface area contributed by atoms with E-state index in [9.17, 15) is 32.3 Å². The molecular weight excluding hydrogens is 538 g/mol. The van der Waals surface area contributed by atoms with E-state index in [1.807, 2.05) is 0 Å². The zero-order chi connectivity index (χ0) is 27.9. The van der Waals surface area contributed by atoms with Gasteiger partial charge < -0.3 is 15.3 Å². The average molecular weight is 562 g/mol. The Morgan fingerprint density at radius 2 is 1.82 bits per heavy atom. The molecule has 1 saturated carbocycles. The van der Waals surface area contributed by atoms with Crippen molar-refractivity contribution in [1.29, 1.82) is 0 Å². The zero-order valence-electron chi connectivity index (χ0n) is 20.5. The van der Waals surface area contributed by atoms with Gasteiger partial charge in [-0.2, -0.15) is 0 Å². The molecule has 1 unspecified atom stereocenters. The largest absolute Gasteiger partial charge is 0.372 e. The molecule has 0 spiro atoms. The minimum Gasteiger partial charge on any atom is -0.372 e. The topological polar surface area (TPSA) is 82.5 Å². The van der Waals surface area contributed by atoms with E-state index >= 15 is 0 Å². The monoisotopic (exact) mass is 561 g/mol. The van der Waals surface area contributed by atoms with E-state index in [0.717, 1.165) is 30.5 Å². The van der Waals surface area contributed by atoms with E-state index < -0.39 is 41.2 Å². The zero-order valence-corrected chi connectivity index (χ0v) is 21.3. The number of halogens is 5. The Morgan fingerprint density at radius 3 is 2.51 bits per heavy atom. The third kappa shape index (κ3) is 4.98. The fourth-order valence-corrected chi connectivity index (χ4v) is 5.62. The van der Waals surface area contributed by atoms with Crippen LogP contribution in [0.3, 0.4) is 0 Å². The van der Waals surface area contributed by atoms with Crippen molar-refractivity contribution >= 4 is 29.1 Å². The van der Waals surface area contributed by atoms with Crippen LogP contribution in [0.2, 0.25) is 5.02 Å². The second kappa shape index (κ2) is 10.6. The standard InChI is InChI=1S/C28H24ClF4N3O3/c29-16-11-19(24(25(32)33)34-13-16)26(37)35-18-8-5-15(6-9-18)14-36-23-12-17(30)7-10-21(23)28(39,27(36)38)20-3-1-2-4-22(20)31/h1-4,7,10-13,15,18,25,39H,5-6,8-9,14H2,(H,35,37). The molecule has 204 valence electrons. The average Bonchev–Trinajstić information content (AvgIpc) is 3.11. The van der Waals surface area contributed by atoms with E-state index in [1.165, 1.54) is 29.2 Å². The molecule has 2 aliphatic rings. The van der Waals surface area contributed by atoms with E-state index in [2.05, 4.69) is 10.3 Å². The van der Waals surface area contributed by atoms with Gasteiger partial charge in [0.15, 0.2) is 5.60 Å². The predicted octanol–water partition coefficient (Wildman–Crippen LogP) is 5.52. The molecule has 6 nitrogen and oxygen atoms in total. The Bertz CT molecular complexity index is 1430. The third-order valence-corrected chi connectivity index (χ3v) is 7.62. The van der Waals surface area contributed by atoms with Crippen LogP contribution in [0, 0.1) is 17.6 Å². The summed E-state index contributed by atoms with van der Waals surface area (Å²) < 4.78 is 55.5. The minimum absolute atomic E-state index is 0.0642. The first-order valence-electron chi connectivity index (χ1n) is 12.4. The summed E-state index contributed by atoms with van der Waals surface area (Å²) in [5.41, 5.74) is -3.17. The van der Waals surface area contributed by atoms with Crippen molar-refractivity contribution in [1.82, 2.24) is 10.3 Å². The van der Waals surface area contributed by atoms with Crippen LogP contribution in [0.5, 0.6) is 0 Å². The van der Waals surface area contributed by atoms with Gasteiger partial charge in [0.25, 0.3) is 18.2 Å². The molecular formula is C28H24ClF4N3O3. The normalized spacial score (nSPS) is 22.7. The van der Waals surface area contributed by atoms with Gasteiger partial charge >= 0.3 is 0 Å². The maximum atomic E-state index is 14.7. The van der Waals surface area contributed by atoms with Crippen molar-refractivity contribution in [2.24, 2.45) is 5.92 Å². The van der Waals surface area contributed by atoms with Gasteiger partial charge in [-0.1, -0.05) is 35.9 Å². The van der Waals surface area contributed by atoms with E-state index in [-0.39, 0.29) is 45.9 Å². The maximum Gasteiger partial charge on any atom is 0.281 e. The molecule has 2 heterocycles. The highest BCUT2D eigenvalue weighted by molar-refractivity contribution is 6.30. The number of rotatable bonds is 6.